The number of aromatic nitrogens is 3. The predicted octanol–water partition coefficient (Wildman–Crippen LogP) is 1.82. The van der Waals surface area contributed by atoms with E-state index in [1.54, 1.807) is 16.9 Å². The van der Waals surface area contributed by atoms with Gasteiger partial charge in [0.25, 0.3) is 0 Å². The van der Waals surface area contributed by atoms with Crippen molar-refractivity contribution < 1.29 is 5.11 Å². The van der Waals surface area contributed by atoms with Gasteiger partial charge < -0.3 is 10.4 Å². The number of phenolic OH excluding ortho intramolecular Hbond substituents is 1. The van der Waals surface area contributed by atoms with Gasteiger partial charge in [0.2, 0.25) is 0 Å². The Balaban J connectivity index is 1.70. The Labute approximate surface area is 110 Å². The summed E-state index contributed by atoms with van der Waals surface area (Å²) in [4.78, 5) is 0. The third kappa shape index (κ3) is 3.45. The van der Waals surface area contributed by atoms with E-state index in [1.165, 1.54) is 0 Å². The molecule has 2 rings (SSSR count). The summed E-state index contributed by atoms with van der Waals surface area (Å²) < 4.78 is 1.79. The zero-order valence-electron chi connectivity index (χ0n) is 9.88. The van der Waals surface area contributed by atoms with Crippen LogP contribution in [-0.4, -0.2) is 26.6 Å². The van der Waals surface area contributed by atoms with Gasteiger partial charge in [-0.2, -0.15) is 0 Å². The molecule has 0 atom stereocenters. The van der Waals surface area contributed by atoms with Crippen molar-refractivity contribution in [2.75, 3.05) is 6.54 Å². The van der Waals surface area contributed by atoms with Gasteiger partial charge in [-0.05, 0) is 19.0 Å². The first-order valence-corrected chi connectivity index (χ1v) is 6.16. The molecule has 0 aliphatic heterocycles. The van der Waals surface area contributed by atoms with Crippen molar-refractivity contribution in [3.05, 3.63) is 41.2 Å². The maximum atomic E-state index is 9.71. The van der Waals surface area contributed by atoms with Crippen LogP contribution in [-0.2, 0) is 13.1 Å². The third-order valence-electron chi connectivity index (χ3n) is 2.60. The molecule has 0 amide bonds. The van der Waals surface area contributed by atoms with Crippen molar-refractivity contribution in [2.45, 2.75) is 19.5 Å². The molecule has 0 bridgehead atoms. The Morgan fingerprint density at radius 3 is 3.06 bits per heavy atom. The van der Waals surface area contributed by atoms with E-state index >= 15 is 0 Å². The van der Waals surface area contributed by atoms with Crippen molar-refractivity contribution in [3.63, 3.8) is 0 Å². The molecule has 0 unspecified atom stereocenters. The van der Waals surface area contributed by atoms with Crippen LogP contribution in [0, 0.1) is 0 Å². The molecule has 96 valence electrons. The number of phenols is 1. The molecule has 1 aromatic carbocycles. The Morgan fingerprint density at radius 2 is 2.28 bits per heavy atom. The van der Waals surface area contributed by atoms with E-state index in [0.29, 0.717) is 11.6 Å². The van der Waals surface area contributed by atoms with Crippen molar-refractivity contribution in [2.24, 2.45) is 0 Å². The monoisotopic (exact) mass is 266 g/mol. The number of benzene rings is 1. The number of halogens is 1. The first-order chi connectivity index (χ1) is 8.77. The van der Waals surface area contributed by atoms with E-state index in [1.807, 2.05) is 18.3 Å². The van der Waals surface area contributed by atoms with Crippen LogP contribution in [0.25, 0.3) is 0 Å². The van der Waals surface area contributed by atoms with Crippen LogP contribution < -0.4 is 5.32 Å². The minimum Gasteiger partial charge on any atom is -0.506 e. The van der Waals surface area contributed by atoms with Gasteiger partial charge in [-0.15, -0.1) is 5.10 Å². The van der Waals surface area contributed by atoms with E-state index in [9.17, 15) is 5.11 Å². The quantitative estimate of drug-likeness (QED) is 0.783. The average molecular weight is 267 g/mol. The SMILES string of the molecule is Oc1c(Cl)cccc1CNCCCn1ccnn1. The summed E-state index contributed by atoms with van der Waals surface area (Å²) in [6, 6.07) is 5.35. The second kappa shape index (κ2) is 6.37. The lowest BCUT2D eigenvalue weighted by atomic mass is 10.2. The Bertz CT molecular complexity index is 487. The molecule has 18 heavy (non-hydrogen) atoms. The molecule has 2 N–H and O–H groups in total. The van der Waals surface area contributed by atoms with Gasteiger partial charge in [0, 0.05) is 24.8 Å². The molecule has 0 aliphatic carbocycles. The lowest BCUT2D eigenvalue weighted by Gasteiger charge is -2.07. The zero-order chi connectivity index (χ0) is 12.8. The minimum atomic E-state index is 0.156. The highest BCUT2D eigenvalue weighted by Gasteiger charge is 2.03. The largest absolute Gasteiger partial charge is 0.506 e. The van der Waals surface area contributed by atoms with Crippen molar-refractivity contribution in [1.29, 1.82) is 0 Å². The van der Waals surface area contributed by atoms with Crippen LogP contribution in [0.1, 0.15) is 12.0 Å². The fraction of sp³-hybridized carbons (Fsp3) is 0.333. The second-order valence-electron chi connectivity index (χ2n) is 3.94. The first kappa shape index (κ1) is 12.9. The van der Waals surface area contributed by atoms with Gasteiger partial charge >= 0.3 is 0 Å². The van der Waals surface area contributed by atoms with Crippen molar-refractivity contribution in [1.82, 2.24) is 20.3 Å². The molecule has 0 saturated heterocycles. The molecule has 0 radical (unpaired) electrons. The normalized spacial score (nSPS) is 10.7. The summed E-state index contributed by atoms with van der Waals surface area (Å²) in [7, 11) is 0. The summed E-state index contributed by atoms with van der Waals surface area (Å²) in [5.74, 6) is 0.156. The molecule has 1 heterocycles. The molecular formula is C12H15ClN4O. The average Bonchev–Trinajstić information content (AvgIpc) is 2.87. The van der Waals surface area contributed by atoms with Gasteiger partial charge in [0.05, 0.1) is 11.2 Å². The smallest absolute Gasteiger partial charge is 0.138 e. The summed E-state index contributed by atoms with van der Waals surface area (Å²) in [5.41, 5.74) is 0.809. The highest BCUT2D eigenvalue weighted by molar-refractivity contribution is 6.32. The summed E-state index contributed by atoms with van der Waals surface area (Å²) >= 11 is 5.83. The van der Waals surface area contributed by atoms with Crippen LogP contribution in [0.2, 0.25) is 5.02 Å². The van der Waals surface area contributed by atoms with Crippen LogP contribution >= 0.6 is 11.6 Å². The standard InChI is InChI=1S/C12H15ClN4O/c13-11-4-1-3-10(12(11)18)9-14-5-2-7-17-8-6-15-16-17/h1,3-4,6,8,14,18H,2,5,7,9H2. The number of aromatic hydroxyl groups is 1. The van der Waals surface area contributed by atoms with Gasteiger partial charge in [0.1, 0.15) is 5.75 Å². The fourth-order valence-corrected chi connectivity index (χ4v) is 1.84. The highest BCUT2D eigenvalue weighted by Crippen LogP contribution is 2.26. The van der Waals surface area contributed by atoms with Gasteiger partial charge in [-0.1, -0.05) is 28.9 Å². The highest BCUT2D eigenvalue weighted by atomic mass is 35.5. The molecule has 6 heteroatoms. The summed E-state index contributed by atoms with van der Waals surface area (Å²) in [6.45, 7) is 2.27. The van der Waals surface area contributed by atoms with Crippen molar-refractivity contribution in [3.8, 4) is 5.75 Å². The first-order valence-electron chi connectivity index (χ1n) is 5.78. The van der Waals surface area contributed by atoms with E-state index in [0.717, 1.165) is 25.1 Å². The van der Waals surface area contributed by atoms with E-state index in [2.05, 4.69) is 15.6 Å². The summed E-state index contributed by atoms with van der Waals surface area (Å²) in [6.07, 6.45) is 4.45. The maximum Gasteiger partial charge on any atom is 0.138 e. The van der Waals surface area contributed by atoms with E-state index in [-0.39, 0.29) is 5.75 Å². The van der Waals surface area contributed by atoms with Crippen LogP contribution in [0.15, 0.2) is 30.6 Å². The Hall–Kier alpha value is -1.59. The van der Waals surface area contributed by atoms with E-state index in [4.69, 9.17) is 11.6 Å². The molecule has 1 aromatic heterocycles. The number of para-hydroxylation sites is 1. The maximum absolute atomic E-state index is 9.71. The Morgan fingerprint density at radius 1 is 1.39 bits per heavy atom. The topological polar surface area (TPSA) is 63.0 Å². The number of hydrogen-bond acceptors (Lipinski definition) is 4. The van der Waals surface area contributed by atoms with Gasteiger partial charge in [-0.25, -0.2) is 0 Å². The number of nitrogens with zero attached hydrogens (tertiary/aromatic N) is 3. The van der Waals surface area contributed by atoms with Gasteiger partial charge in [-0.3, -0.25) is 4.68 Å². The van der Waals surface area contributed by atoms with Crippen molar-refractivity contribution >= 4 is 11.6 Å². The predicted molar refractivity (Wildman–Crippen MR) is 69.5 cm³/mol. The van der Waals surface area contributed by atoms with E-state index < -0.39 is 0 Å². The molecular weight excluding hydrogens is 252 g/mol. The third-order valence-corrected chi connectivity index (χ3v) is 2.90. The minimum absolute atomic E-state index is 0.156. The molecule has 0 saturated carbocycles. The molecule has 2 aromatic rings. The molecule has 5 nitrogen and oxygen atoms in total. The summed E-state index contributed by atoms with van der Waals surface area (Å²) in [5, 5.41) is 21.0. The van der Waals surface area contributed by atoms with Gasteiger partial charge in [0.15, 0.2) is 0 Å². The second-order valence-corrected chi connectivity index (χ2v) is 4.35. The zero-order valence-corrected chi connectivity index (χ0v) is 10.6. The molecule has 0 fully saturated rings. The van der Waals surface area contributed by atoms with Crippen LogP contribution in [0.5, 0.6) is 5.75 Å². The fourth-order valence-electron chi connectivity index (χ4n) is 1.64. The lowest BCUT2D eigenvalue weighted by Crippen LogP contribution is -2.16. The number of hydrogen-bond donors (Lipinski definition) is 2. The number of nitrogens with one attached hydrogen (secondary N) is 1. The van der Waals surface area contributed by atoms with Crippen LogP contribution in [0.3, 0.4) is 0 Å². The molecule has 0 spiro atoms. The lowest BCUT2D eigenvalue weighted by molar-refractivity contribution is 0.462. The number of aryl methyl sites for hydroxylation is 1. The van der Waals surface area contributed by atoms with Crippen LogP contribution in [0.4, 0.5) is 0 Å². The molecule has 0 aliphatic rings. The Kier molecular flexibility index (Phi) is 4.55. The number of rotatable bonds is 6.